The molecular formula is C21H14Cl2N4O5S3. The first-order valence-electron chi connectivity index (χ1n) is 9.65. The summed E-state index contributed by atoms with van der Waals surface area (Å²) in [5, 5.41) is 4.55. The second-order valence-electron chi connectivity index (χ2n) is 6.95. The maximum absolute atomic E-state index is 12.7. The van der Waals surface area contributed by atoms with Gasteiger partial charge in [-0.1, -0.05) is 29.3 Å². The van der Waals surface area contributed by atoms with Gasteiger partial charge in [0.15, 0.2) is 5.13 Å². The number of halogens is 2. The van der Waals surface area contributed by atoms with Crippen molar-refractivity contribution in [3.05, 3.63) is 74.6 Å². The first-order chi connectivity index (χ1) is 16.6. The number of amides is 3. The summed E-state index contributed by atoms with van der Waals surface area (Å²) < 4.78 is 27.1. The molecule has 1 aromatic heterocycles. The van der Waals surface area contributed by atoms with Gasteiger partial charge in [-0.2, -0.15) is 0 Å². The second-order valence-corrected chi connectivity index (χ2v) is 11.4. The SMILES string of the molecule is O=C(CN1C(=O)S/C(=C\c2ccc(Cl)cc2Cl)C1=O)Nc1ccc(S(=O)(=O)Nc2nccs2)cc1. The van der Waals surface area contributed by atoms with E-state index in [4.69, 9.17) is 23.2 Å². The molecule has 3 amide bonds. The van der Waals surface area contributed by atoms with Crippen molar-refractivity contribution in [2.75, 3.05) is 16.6 Å². The lowest BCUT2D eigenvalue weighted by Crippen LogP contribution is -2.36. The Kier molecular flexibility index (Phi) is 7.47. The van der Waals surface area contributed by atoms with E-state index < -0.39 is 33.6 Å². The van der Waals surface area contributed by atoms with E-state index in [0.717, 1.165) is 16.2 Å². The Bertz CT molecular complexity index is 1440. The highest BCUT2D eigenvalue weighted by Crippen LogP contribution is 2.34. The first-order valence-corrected chi connectivity index (χ1v) is 13.6. The van der Waals surface area contributed by atoms with Gasteiger partial charge < -0.3 is 5.32 Å². The highest BCUT2D eigenvalue weighted by atomic mass is 35.5. The molecule has 0 radical (unpaired) electrons. The summed E-state index contributed by atoms with van der Waals surface area (Å²) in [4.78, 5) is 42.2. The van der Waals surface area contributed by atoms with Crippen LogP contribution in [0, 0.1) is 0 Å². The predicted octanol–water partition coefficient (Wildman–Crippen LogP) is 4.93. The number of sulfonamides is 1. The van der Waals surface area contributed by atoms with Crippen molar-refractivity contribution in [1.29, 1.82) is 0 Å². The van der Waals surface area contributed by atoms with E-state index in [9.17, 15) is 22.8 Å². The highest BCUT2D eigenvalue weighted by molar-refractivity contribution is 8.18. The summed E-state index contributed by atoms with van der Waals surface area (Å²) in [6.07, 6.45) is 2.93. The molecular weight excluding hydrogens is 555 g/mol. The minimum Gasteiger partial charge on any atom is -0.325 e. The molecule has 1 aliphatic heterocycles. The summed E-state index contributed by atoms with van der Waals surface area (Å²) in [7, 11) is -3.84. The van der Waals surface area contributed by atoms with Crippen molar-refractivity contribution in [2.45, 2.75) is 4.90 Å². The Hall–Kier alpha value is -2.90. The molecule has 1 fully saturated rings. The number of thiazole rings is 1. The van der Waals surface area contributed by atoms with Crippen molar-refractivity contribution in [3.8, 4) is 0 Å². The summed E-state index contributed by atoms with van der Waals surface area (Å²) in [6.45, 7) is -0.512. The van der Waals surface area contributed by atoms with Crippen LogP contribution >= 0.6 is 46.3 Å². The number of imide groups is 1. The molecule has 4 rings (SSSR count). The number of carbonyl (C=O) groups excluding carboxylic acids is 3. The molecule has 0 spiro atoms. The fourth-order valence-corrected chi connectivity index (χ4v) is 5.99. The van der Waals surface area contributed by atoms with Gasteiger partial charge in [-0.05, 0) is 59.8 Å². The normalized spacial score (nSPS) is 15.0. The van der Waals surface area contributed by atoms with Gasteiger partial charge in [0.1, 0.15) is 6.54 Å². The van der Waals surface area contributed by atoms with Crippen LogP contribution in [-0.4, -0.2) is 41.9 Å². The van der Waals surface area contributed by atoms with Gasteiger partial charge in [-0.3, -0.25) is 24.0 Å². The minimum absolute atomic E-state index is 0.0253. The minimum atomic E-state index is -3.84. The number of nitrogens with zero attached hydrogens (tertiary/aromatic N) is 2. The fraction of sp³-hybridized carbons (Fsp3) is 0.0476. The topological polar surface area (TPSA) is 126 Å². The molecule has 0 aliphatic carbocycles. The number of thioether (sulfide) groups is 1. The maximum atomic E-state index is 12.7. The lowest BCUT2D eigenvalue weighted by atomic mass is 10.2. The van der Waals surface area contributed by atoms with E-state index in [1.807, 2.05) is 0 Å². The number of nitrogens with one attached hydrogen (secondary N) is 2. The van der Waals surface area contributed by atoms with Crippen molar-refractivity contribution in [1.82, 2.24) is 9.88 Å². The third kappa shape index (κ3) is 6.03. The van der Waals surface area contributed by atoms with Crippen LogP contribution in [0.3, 0.4) is 0 Å². The number of aromatic nitrogens is 1. The molecule has 14 heteroatoms. The number of anilines is 2. The van der Waals surface area contributed by atoms with Gasteiger partial charge in [0, 0.05) is 27.3 Å². The summed E-state index contributed by atoms with van der Waals surface area (Å²) in [6, 6.07) is 10.1. The van der Waals surface area contributed by atoms with Crippen LogP contribution in [0.5, 0.6) is 0 Å². The molecule has 180 valence electrons. The van der Waals surface area contributed by atoms with Gasteiger partial charge >= 0.3 is 0 Å². The summed E-state index contributed by atoms with van der Waals surface area (Å²) >= 11 is 13.8. The van der Waals surface area contributed by atoms with Gasteiger partial charge in [0.2, 0.25) is 5.91 Å². The zero-order valence-corrected chi connectivity index (χ0v) is 21.4. The number of hydrogen-bond donors (Lipinski definition) is 2. The smallest absolute Gasteiger partial charge is 0.294 e. The van der Waals surface area contributed by atoms with Crippen LogP contribution < -0.4 is 10.0 Å². The Morgan fingerprint density at radius 3 is 2.51 bits per heavy atom. The Labute approximate surface area is 218 Å². The maximum Gasteiger partial charge on any atom is 0.294 e. The van der Waals surface area contributed by atoms with E-state index in [2.05, 4.69) is 15.0 Å². The lowest BCUT2D eigenvalue weighted by Gasteiger charge is -2.13. The molecule has 1 saturated heterocycles. The molecule has 0 bridgehead atoms. The molecule has 9 nitrogen and oxygen atoms in total. The van der Waals surface area contributed by atoms with Gasteiger partial charge in [-0.25, -0.2) is 13.4 Å². The number of rotatable bonds is 7. The van der Waals surface area contributed by atoms with Crippen molar-refractivity contribution in [2.24, 2.45) is 0 Å². The second kappa shape index (κ2) is 10.4. The van der Waals surface area contributed by atoms with Gasteiger partial charge in [-0.15, -0.1) is 11.3 Å². The molecule has 1 aliphatic rings. The third-order valence-electron chi connectivity index (χ3n) is 4.53. The molecule has 2 N–H and O–H groups in total. The monoisotopic (exact) mass is 568 g/mol. The van der Waals surface area contributed by atoms with Crippen molar-refractivity contribution >= 4 is 90.3 Å². The molecule has 3 aromatic rings. The molecule has 35 heavy (non-hydrogen) atoms. The summed E-state index contributed by atoms with van der Waals surface area (Å²) in [5.74, 6) is -1.26. The van der Waals surface area contributed by atoms with Crippen molar-refractivity contribution < 1.29 is 22.8 Å². The van der Waals surface area contributed by atoms with E-state index >= 15 is 0 Å². The number of hydrogen-bond acceptors (Lipinski definition) is 8. The highest BCUT2D eigenvalue weighted by Gasteiger charge is 2.36. The predicted molar refractivity (Wildman–Crippen MR) is 137 cm³/mol. The third-order valence-corrected chi connectivity index (χ3v) is 8.17. The van der Waals surface area contributed by atoms with Crippen LogP contribution in [0.15, 0.2) is 63.8 Å². The van der Waals surface area contributed by atoms with Crippen LogP contribution in [0.25, 0.3) is 6.08 Å². The van der Waals surface area contributed by atoms with E-state index in [1.165, 1.54) is 42.6 Å². The Morgan fingerprint density at radius 1 is 1.11 bits per heavy atom. The number of carbonyl (C=O) groups is 3. The molecule has 2 heterocycles. The largest absolute Gasteiger partial charge is 0.325 e. The molecule has 2 aromatic carbocycles. The van der Waals surface area contributed by atoms with Crippen LogP contribution in [0.1, 0.15) is 5.56 Å². The zero-order chi connectivity index (χ0) is 25.2. The average Bonchev–Trinajstić information content (AvgIpc) is 3.39. The van der Waals surface area contributed by atoms with Gasteiger partial charge in [0.25, 0.3) is 21.2 Å². The lowest BCUT2D eigenvalue weighted by molar-refractivity contribution is -0.127. The quantitative estimate of drug-likeness (QED) is 0.387. The standard InChI is InChI=1S/C21H14Cl2N4O5S3/c22-13-2-1-12(16(23)10-13)9-17-19(29)27(21(30)34-17)11-18(28)25-14-3-5-15(6-4-14)35(31,32)26-20-24-7-8-33-20/h1-10H,11H2,(H,24,26)(H,25,28)/b17-9-. The first kappa shape index (κ1) is 25.2. The zero-order valence-electron chi connectivity index (χ0n) is 17.4. The number of benzene rings is 2. The molecule has 0 unspecified atom stereocenters. The Morgan fingerprint density at radius 2 is 1.86 bits per heavy atom. The van der Waals surface area contributed by atoms with Crippen LogP contribution in [0.2, 0.25) is 10.0 Å². The van der Waals surface area contributed by atoms with Crippen LogP contribution in [-0.2, 0) is 19.6 Å². The average molecular weight is 569 g/mol. The fourth-order valence-electron chi connectivity index (χ4n) is 2.91. The van der Waals surface area contributed by atoms with E-state index in [1.54, 1.807) is 17.5 Å². The van der Waals surface area contributed by atoms with Crippen LogP contribution in [0.4, 0.5) is 15.6 Å². The van der Waals surface area contributed by atoms with E-state index in [-0.39, 0.29) is 14.9 Å². The Balaban J connectivity index is 1.39. The summed E-state index contributed by atoms with van der Waals surface area (Å²) in [5.41, 5.74) is 0.795. The van der Waals surface area contributed by atoms with E-state index in [0.29, 0.717) is 33.1 Å². The molecule has 0 atom stereocenters. The van der Waals surface area contributed by atoms with Gasteiger partial charge in [0.05, 0.1) is 9.80 Å². The van der Waals surface area contributed by atoms with Crippen molar-refractivity contribution in [3.63, 3.8) is 0 Å². The molecule has 0 saturated carbocycles.